The van der Waals surface area contributed by atoms with E-state index < -0.39 is 0 Å². The van der Waals surface area contributed by atoms with E-state index in [1.54, 1.807) is 22.9 Å². The minimum atomic E-state index is -0.321. The molecule has 1 unspecified atom stereocenters. The van der Waals surface area contributed by atoms with Crippen LogP contribution in [-0.2, 0) is 4.74 Å². The van der Waals surface area contributed by atoms with Crippen molar-refractivity contribution in [2.45, 2.75) is 25.5 Å². The summed E-state index contributed by atoms with van der Waals surface area (Å²) >= 11 is 0. The summed E-state index contributed by atoms with van der Waals surface area (Å²) in [6, 6.07) is 7.85. The van der Waals surface area contributed by atoms with E-state index in [4.69, 9.17) is 4.74 Å². The highest BCUT2D eigenvalue weighted by molar-refractivity contribution is 5.75. The molecule has 1 aliphatic rings. The molecule has 0 aliphatic carbocycles. The number of hydrogen-bond acceptors (Lipinski definition) is 3. The van der Waals surface area contributed by atoms with Crippen LogP contribution in [0.1, 0.15) is 36.0 Å². The van der Waals surface area contributed by atoms with Gasteiger partial charge in [0.05, 0.1) is 5.69 Å². The first kappa shape index (κ1) is 13.0. The number of aromatic nitrogens is 2. The van der Waals surface area contributed by atoms with Gasteiger partial charge in [-0.3, -0.25) is 4.79 Å². The van der Waals surface area contributed by atoms with Gasteiger partial charge in [0.1, 0.15) is 11.5 Å². The van der Waals surface area contributed by atoms with Crippen LogP contribution < -0.4 is 0 Å². The molecule has 0 spiro atoms. The molecule has 0 saturated carbocycles. The van der Waals surface area contributed by atoms with Gasteiger partial charge in [0.25, 0.3) is 0 Å². The van der Waals surface area contributed by atoms with Crippen molar-refractivity contribution >= 4 is 6.29 Å². The molecule has 1 aliphatic heterocycles. The summed E-state index contributed by atoms with van der Waals surface area (Å²) in [6.07, 6.45) is 3.48. The maximum absolute atomic E-state index is 13.3. The van der Waals surface area contributed by atoms with Gasteiger partial charge in [0.15, 0.2) is 12.5 Å². The minimum absolute atomic E-state index is 0.203. The number of rotatable bonds is 3. The Kier molecular flexibility index (Phi) is 3.60. The number of halogens is 1. The van der Waals surface area contributed by atoms with Crippen molar-refractivity contribution in [3.05, 3.63) is 41.8 Å². The zero-order valence-corrected chi connectivity index (χ0v) is 11.0. The van der Waals surface area contributed by atoms with Crippen molar-refractivity contribution in [3.63, 3.8) is 0 Å². The molecular weight excluding hydrogens is 259 g/mol. The van der Waals surface area contributed by atoms with Crippen LogP contribution in [0.4, 0.5) is 4.39 Å². The fourth-order valence-electron chi connectivity index (χ4n) is 2.43. The summed E-state index contributed by atoms with van der Waals surface area (Å²) < 4.78 is 20.5. The van der Waals surface area contributed by atoms with Crippen LogP contribution in [0.2, 0.25) is 0 Å². The predicted octanol–water partition coefficient (Wildman–Crippen LogP) is 3.20. The Hall–Kier alpha value is -2.01. The molecule has 0 amide bonds. The predicted molar refractivity (Wildman–Crippen MR) is 71.8 cm³/mol. The van der Waals surface area contributed by atoms with Crippen molar-refractivity contribution < 1.29 is 13.9 Å². The van der Waals surface area contributed by atoms with Gasteiger partial charge < -0.3 is 4.74 Å². The molecule has 0 bridgehead atoms. The largest absolute Gasteiger partial charge is 0.356 e. The van der Waals surface area contributed by atoms with E-state index in [-0.39, 0.29) is 12.0 Å². The number of nitrogens with zero attached hydrogens (tertiary/aromatic N) is 2. The second-order valence-corrected chi connectivity index (χ2v) is 4.85. The maximum Gasteiger partial charge on any atom is 0.168 e. The molecule has 2 aromatic rings. The van der Waals surface area contributed by atoms with Gasteiger partial charge in [-0.25, -0.2) is 9.07 Å². The van der Waals surface area contributed by atoms with E-state index in [2.05, 4.69) is 5.10 Å². The monoisotopic (exact) mass is 274 g/mol. The highest BCUT2D eigenvalue weighted by atomic mass is 19.1. The Bertz CT molecular complexity index is 618. The van der Waals surface area contributed by atoms with Crippen LogP contribution in [0.25, 0.3) is 11.3 Å². The Morgan fingerprint density at radius 2 is 2.25 bits per heavy atom. The minimum Gasteiger partial charge on any atom is -0.356 e. The first-order chi connectivity index (χ1) is 9.78. The van der Waals surface area contributed by atoms with Crippen LogP contribution in [0.5, 0.6) is 0 Å². The van der Waals surface area contributed by atoms with Gasteiger partial charge in [0.2, 0.25) is 0 Å². The Morgan fingerprint density at radius 1 is 1.35 bits per heavy atom. The van der Waals surface area contributed by atoms with E-state index in [1.165, 1.54) is 12.1 Å². The average Bonchev–Trinajstić information content (AvgIpc) is 2.92. The van der Waals surface area contributed by atoms with Gasteiger partial charge >= 0.3 is 0 Å². The van der Waals surface area contributed by atoms with E-state index in [1.807, 2.05) is 0 Å². The summed E-state index contributed by atoms with van der Waals surface area (Å²) in [6.45, 7) is 0.679. The molecule has 5 heteroatoms. The van der Waals surface area contributed by atoms with Crippen molar-refractivity contribution in [2.24, 2.45) is 0 Å². The molecule has 1 fully saturated rings. The molecule has 1 saturated heterocycles. The fraction of sp³-hybridized carbons (Fsp3) is 0.333. The third kappa shape index (κ3) is 2.49. The van der Waals surface area contributed by atoms with E-state index in [0.29, 0.717) is 23.6 Å². The Morgan fingerprint density at radius 3 is 2.95 bits per heavy atom. The van der Waals surface area contributed by atoms with Crippen molar-refractivity contribution in [1.29, 1.82) is 0 Å². The lowest BCUT2D eigenvalue weighted by Crippen LogP contribution is -2.20. The number of ether oxygens (including phenoxy) is 1. The molecule has 1 atom stereocenters. The highest BCUT2D eigenvalue weighted by Gasteiger charge is 2.20. The molecule has 0 N–H and O–H groups in total. The highest BCUT2D eigenvalue weighted by Crippen LogP contribution is 2.26. The van der Waals surface area contributed by atoms with Crippen LogP contribution >= 0.6 is 0 Å². The third-order valence-electron chi connectivity index (χ3n) is 3.43. The second-order valence-electron chi connectivity index (χ2n) is 4.85. The van der Waals surface area contributed by atoms with Crippen molar-refractivity contribution in [1.82, 2.24) is 9.78 Å². The number of benzene rings is 1. The third-order valence-corrected chi connectivity index (χ3v) is 3.43. The fourth-order valence-corrected chi connectivity index (χ4v) is 2.43. The van der Waals surface area contributed by atoms with Crippen molar-refractivity contribution in [2.75, 3.05) is 6.61 Å². The summed E-state index contributed by atoms with van der Waals surface area (Å²) in [5.41, 5.74) is 1.69. The number of carbonyl (C=O) groups is 1. The molecule has 1 aromatic carbocycles. The molecule has 20 heavy (non-hydrogen) atoms. The van der Waals surface area contributed by atoms with Gasteiger partial charge in [-0.05, 0) is 37.5 Å². The number of carbonyl (C=O) groups excluding carboxylic acids is 1. The van der Waals surface area contributed by atoms with E-state index >= 15 is 0 Å². The molecule has 4 nitrogen and oxygen atoms in total. The normalized spacial score (nSPS) is 18.9. The average molecular weight is 274 g/mol. The first-order valence-corrected chi connectivity index (χ1v) is 6.70. The number of aldehydes is 1. The maximum atomic E-state index is 13.3. The standard InChI is InChI=1S/C15H15FN2O2/c16-12-5-3-4-11(8-12)14-9-13(10-19)18(17-14)15-6-1-2-7-20-15/h3-5,8-10,15H,1-2,6-7H2. The molecule has 0 radical (unpaired) electrons. The quantitative estimate of drug-likeness (QED) is 0.807. The van der Waals surface area contributed by atoms with Crippen LogP contribution in [0.3, 0.4) is 0 Å². The summed E-state index contributed by atoms with van der Waals surface area (Å²) in [5.74, 6) is -0.321. The topological polar surface area (TPSA) is 44.1 Å². The molecule has 2 heterocycles. The van der Waals surface area contributed by atoms with Gasteiger partial charge in [-0.15, -0.1) is 0 Å². The zero-order valence-electron chi connectivity index (χ0n) is 11.0. The first-order valence-electron chi connectivity index (χ1n) is 6.70. The molecule has 104 valence electrons. The SMILES string of the molecule is O=Cc1cc(-c2cccc(F)c2)nn1C1CCCCO1. The van der Waals surface area contributed by atoms with Gasteiger partial charge in [-0.2, -0.15) is 5.10 Å². The lowest BCUT2D eigenvalue weighted by atomic mass is 10.1. The van der Waals surface area contributed by atoms with Gasteiger partial charge in [0, 0.05) is 12.2 Å². The van der Waals surface area contributed by atoms with E-state index in [9.17, 15) is 9.18 Å². The molecule has 3 rings (SSSR count). The Labute approximate surface area is 116 Å². The van der Waals surface area contributed by atoms with E-state index in [0.717, 1.165) is 25.5 Å². The van der Waals surface area contributed by atoms with Crippen LogP contribution in [-0.4, -0.2) is 22.7 Å². The van der Waals surface area contributed by atoms with Crippen LogP contribution in [0.15, 0.2) is 30.3 Å². The summed E-state index contributed by atoms with van der Waals surface area (Å²) in [7, 11) is 0. The summed E-state index contributed by atoms with van der Waals surface area (Å²) in [4.78, 5) is 11.2. The second kappa shape index (κ2) is 5.54. The Balaban J connectivity index is 1.97. The van der Waals surface area contributed by atoms with Crippen LogP contribution in [0, 0.1) is 5.82 Å². The lowest BCUT2D eigenvalue weighted by Gasteiger charge is -2.23. The van der Waals surface area contributed by atoms with Gasteiger partial charge in [-0.1, -0.05) is 12.1 Å². The summed E-state index contributed by atoms with van der Waals surface area (Å²) in [5, 5.41) is 4.41. The molecule has 1 aromatic heterocycles. The smallest absolute Gasteiger partial charge is 0.168 e. The molecular formula is C15H15FN2O2. The number of hydrogen-bond donors (Lipinski definition) is 0. The lowest BCUT2D eigenvalue weighted by molar-refractivity contribution is -0.0401. The van der Waals surface area contributed by atoms with Crippen molar-refractivity contribution in [3.8, 4) is 11.3 Å². The zero-order chi connectivity index (χ0) is 13.9.